The van der Waals surface area contributed by atoms with E-state index < -0.39 is 0 Å². The van der Waals surface area contributed by atoms with Crippen molar-refractivity contribution < 1.29 is 0 Å². The van der Waals surface area contributed by atoms with Gasteiger partial charge in [-0.2, -0.15) is 0 Å². The third kappa shape index (κ3) is 2.65. The Morgan fingerprint density at radius 3 is 2.56 bits per heavy atom. The van der Waals surface area contributed by atoms with E-state index in [9.17, 15) is 0 Å². The maximum atomic E-state index is 6.15. The lowest BCUT2D eigenvalue weighted by molar-refractivity contribution is 0.263. The Bertz CT molecular complexity index is 347. The smallest absolute Gasteiger partial charge is 0.0465 e. The van der Waals surface area contributed by atoms with E-state index in [1.807, 2.05) is 18.2 Å². The minimum absolute atomic E-state index is 0.467. The van der Waals surface area contributed by atoms with Gasteiger partial charge in [0.2, 0.25) is 0 Å². The average molecular weight is 279 g/mol. The van der Waals surface area contributed by atoms with E-state index in [1.165, 1.54) is 12.8 Å². The maximum absolute atomic E-state index is 6.15. The molecule has 16 heavy (non-hydrogen) atoms. The summed E-state index contributed by atoms with van der Waals surface area (Å²) in [6.07, 6.45) is 2.38. The van der Waals surface area contributed by atoms with Crippen LogP contribution < -0.4 is 0 Å². The molecule has 1 unspecified atom stereocenters. The van der Waals surface area contributed by atoms with Gasteiger partial charge in [0.05, 0.1) is 0 Å². The summed E-state index contributed by atoms with van der Waals surface area (Å²) in [4.78, 5) is 2.36. The molecule has 1 fully saturated rings. The fraction of sp³-hybridized carbons (Fsp3) is 0.500. The molecule has 4 heteroatoms. The lowest BCUT2D eigenvalue weighted by atomic mass is 10.2. The van der Waals surface area contributed by atoms with Crippen LogP contribution in [0.4, 0.5) is 0 Å². The molecule has 1 aliphatic heterocycles. The second-order valence-corrected chi connectivity index (χ2v) is 5.24. The zero-order valence-electron chi connectivity index (χ0n) is 8.93. The first-order valence-corrected chi connectivity index (χ1v) is 6.74. The first-order chi connectivity index (χ1) is 7.72. The third-order valence-electron chi connectivity index (χ3n) is 3.10. The summed E-state index contributed by atoms with van der Waals surface area (Å²) in [5.41, 5.74) is 1.02. The summed E-state index contributed by atoms with van der Waals surface area (Å²) in [5.74, 6) is 0.683. The Labute approximate surface area is 111 Å². The molecule has 1 saturated heterocycles. The van der Waals surface area contributed by atoms with Crippen molar-refractivity contribution in [2.24, 2.45) is 0 Å². The molecule has 0 aliphatic carbocycles. The van der Waals surface area contributed by atoms with E-state index in [4.69, 9.17) is 34.8 Å². The van der Waals surface area contributed by atoms with Crippen molar-refractivity contribution >= 4 is 34.8 Å². The topological polar surface area (TPSA) is 3.24 Å². The molecule has 0 radical (unpaired) electrons. The molecule has 1 aliphatic rings. The number of benzene rings is 1. The van der Waals surface area contributed by atoms with Crippen molar-refractivity contribution in [2.75, 3.05) is 12.4 Å². The third-order valence-corrected chi connectivity index (χ3v) is 4.16. The molecule has 0 N–H and O–H groups in total. The summed E-state index contributed by atoms with van der Waals surface area (Å²) in [6, 6.07) is 6.11. The number of likely N-dealkylation sites (tertiary alicyclic amines) is 1. The summed E-state index contributed by atoms with van der Waals surface area (Å²) in [5, 5.41) is 1.49. The van der Waals surface area contributed by atoms with Crippen LogP contribution in [0.3, 0.4) is 0 Å². The Balaban J connectivity index is 2.14. The van der Waals surface area contributed by atoms with Crippen molar-refractivity contribution in [3.63, 3.8) is 0 Å². The second kappa shape index (κ2) is 5.59. The molecule has 1 aromatic rings. The van der Waals surface area contributed by atoms with Gasteiger partial charge < -0.3 is 0 Å². The maximum Gasteiger partial charge on any atom is 0.0465 e. The summed E-state index contributed by atoms with van der Waals surface area (Å²) in [6.45, 7) is 1.88. The monoisotopic (exact) mass is 277 g/mol. The highest BCUT2D eigenvalue weighted by atomic mass is 35.5. The molecule has 0 saturated carbocycles. The molecule has 2 rings (SSSR count). The fourth-order valence-corrected chi connectivity index (χ4v) is 3.03. The Hall–Kier alpha value is 0.0500. The van der Waals surface area contributed by atoms with Crippen LogP contribution in [0.25, 0.3) is 0 Å². The highest BCUT2D eigenvalue weighted by Gasteiger charge is 2.24. The van der Waals surface area contributed by atoms with Crippen LogP contribution in [-0.4, -0.2) is 23.4 Å². The Morgan fingerprint density at radius 2 is 1.94 bits per heavy atom. The molecule has 0 aromatic heterocycles. The highest BCUT2D eigenvalue weighted by molar-refractivity contribution is 6.35. The van der Waals surface area contributed by atoms with E-state index in [2.05, 4.69) is 4.90 Å². The van der Waals surface area contributed by atoms with Crippen LogP contribution in [0.15, 0.2) is 18.2 Å². The minimum Gasteiger partial charge on any atom is -0.295 e. The SMILES string of the molecule is ClCC1CCCN1Cc1c(Cl)cccc1Cl. The van der Waals surface area contributed by atoms with Crippen LogP contribution >= 0.6 is 34.8 Å². The van der Waals surface area contributed by atoms with Gasteiger partial charge in [-0.3, -0.25) is 4.90 Å². The molecule has 0 bridgehead atoms. The number of hydrogen-bond donors (Lipinski definition) is 0. The molecular weight excluding hydrogens is 264 g/mol. The Kier molecular flexibility index (Phi) is 4.37. The number of nitrogens with zero attached hydrogens (tertiary/aromatic N) is 1. The fourth-order valence-electron chi connectivity index (χ4n) is 2.16. The molecule has 88 valence electrons. The van der Waals surface area contributed by atoms with Crippen molar-refractivity contribution in [2.45, 2.75) is 25.4 Å². The standard InChI is InChI=1S/C12H14Cl3N/c13-7-9-3-2-6-16(9)8-10-11(14)4-1-5-12(10)15/h1,4-5,9H,2-3,6-8H2. The van der Waals surface area contributed by atoms with E-state index in [0.29, 0.717) is 11.9 Å². The van der Waals surface area contributed by atoms with E-state index in [0.717, 1.165) is 28.7 Å². The molecule has 0 amide bonds. The van der Waals surface area contributed by atoms with Crippen molar-refractivity contribution in [1.82, 2.24) is 4.90 Å². The number of rotatable bonds is 3. The van der Waals surface area contributed by atoms with Gasteiger partial charge in [-0.15, -0.1) is 11.6 Å². The molecule has 0 spiro atoms. The number of alkyl halides is 1. The second-order valence-electron chi connectivity index (χ2n) is 4.12. The lowest BCUT2D eigenvalue weighted by Crippen LogP contribution is -2.30. The minimum atomic E-state index is 0.467. The predicted molar refractivity (Wildman–Crippen MR) is 70.6 cm³/mol. The highest BCUT2D eigenvalue weighted by Crippen LogP contribution is 2.29. The number of halogens is 3. The summed E-state index contributed by atoms with van der Waals surface area (Å²) < 4.78 is 0. The van der Waals surface area contributed by atoms with Crippen LogP contribution in [0.2, 0.25) is 10.0 Å². The van der Waals surface area contributed by atoms with Gasteiger partial charge in [0.15, 0.2) is 0 Å². The lowest BCUT2D eigenvalue weighted by Gasteiger charge is -2.23. The van der Waals surface area contributed by atoms with E-state index in [1.54, 1.807) is 0 Å². The van der Waals surface area contributed by atoms with Gasteiger partial charge >= 0.3 is 0 Å². The largest absolute Gasteiger partial charge is 0.295 e. The van der Waals surface area contributed by atoms with Gasteiger partial charge in [-0.05, 0) is 31.5 Å². The van der Waals surface area contributed by atoms with Crippen LogP contribution in [0.1, 0.15) is 18.4 Å². The molecule has 1 atom stereocenters. The van der Waals surface area contributed by atoms with E-state index in [-0.39, 0.29) is 0 Å². The molecular formula is C12H14Cl3N. The van der Waals surface area contributed by atoms with E-state index >= 15 is 0 Å². The summed E-state index contributed by atoms with van der Waals surface area (Å²) >= 11 is 18.3. The molecule has 1 nitrogen and oxygen atoms in total. The number of hydrogen-bond acceptors (Lipinski definition) is 1. The van der Waals surface area contributed by atoms with Gasteiger partial charge in [-0.25, -0.2) is 0 Å². The molecule has 1 heterocycles. The molecule has 1 aromatic carbocycles. The van der Waals surface area contributed by atoms with Crippen molar-refractivity contribution in [3.8, 4) is 0 Å². The van der Waals surface area contributed by atoms with Crippen molar-refractivity contribution in [1.29, 1.82) is 0 Å². The first-order valence-electron chi connectivity index (χ1n) is 5.45. The summed E-state index contributed by atoms with van der Waals surface area (Å²) in [7, 11) is 0. The van der Waals surface area contributed by atoms with Gasteiger partial charge in [0.1, 0.15) is 0 Å². The normalized spacial score (nSPS) is 21.6. The van der Waals surface area contributed by atoms with Gasteiger partial charge in [0, 0.05) is 34.1 Å². The van der Waals surface area contributed by atoms with Crippen LogP contribution in [-0.2, 0) is 6.54 Å². The van der Waals surface area contributed by atoms with Gasteiger partial charge in [0.25, 0.3) is 0 Å². The Morgan fingerprint density at radius 1 is 1.25 bits per heavy atom. The van der Waals surface area contributed by atoms with Crippen LogP contribution in [0.5, 0.6) is 0 Å². The van der Waals surface area contributed by atoms with Crippen LogP contribution in [0, 0.1) is 0 Å². The van der Waals surface area contributed by atoms with Gasteiger partial charge in [-0.1, -0.05) is 29.3 Å². The zero-order chi connectivity index (χ0) is 11.5. The zero-order valence-corrected chi connectivity index (χ0v) is 11.2. The quantitative estimate of drug-likeness (QED) is 0.749. The first kappa shape index (κ1) is 12.5. The average Bonchev–Trinajstić information content (AvgIpc) is 2.71. The predicted octanol–water partition coefficient (Wildman–Crippen LogP) is 4.20. The van der Waals surface area contributed by atoms with Crippen molar-refractivity contribution in [3.05, 3.63) is 33.8 Å².